The highest BCUT2D eigenvalue weighted by Gasteiger charge is 2.57. The zero-order valence-corrected chi connectivity index (χ0v) is 22.3. The summed E-state index contributed by atoms with van der Waals surface area (Å²) in [5.74, 6) is -1.21. The van der Waals surface area contributed by atoms with Gasteiger partial charge in [-0.2, -0.15) is 0 Å². The number of aromatic nitrogens is 1. The van der Waals surface area contributed by atoms with Gasteiger partial charge in [0.15, 0.2) is 0 Å². The predicted molar refractivity (Wildman–Crippen MR) is 141 cm³/mol. The van der Waals surface area contributed by atoms with E-state index in [1.165, 1.54) is 32.6 Å². The molecular formula is C25H23N3O6S3. The Morgan fingerprint density at radius 1 is 1.08 bits per heavy atom. The number of nitrogens with zero attached hydrogens (tertiary/aromatic N) is 3. The van der Waals surface area contributed by atoms with E-state index in [2.05, 4.69) is 0 Å². The molecule has 6 rings (SSSR count). The Kier molecular flexibility index (Phi) is 6.43. The summed E-state index contributed by atoms with van der Waals surface area (Å²) in [5, 5.41) is 1.83. The summed E-state index contributed by atoms with van der Waals surface area (Å²) in [5.41, 5.74) is 0.485. The van der Waals surface area contributed by atoms with Crippen LogP contribution in [0.4, 0.5) is 5.69 Å². The van der Waals surface area contributed by atoms with E-state index in [4.69, 9.17) is 9.47 Å². The zero-order valence-electron chi connectivity index (χ0n) is 19.8. The van der Waals surface area contributed by atoms with Gasteiger partial charge in [-0.05, 0) is 35.7 Å². The van der Waals surface area contributed by atoms with E-state index in [-0.39, 0.29) is 29.1 Å². The Morgan fingerprint density at radius 3 is 2.51 bits per heavy atom. The number of ether oxygens (including phenoxy) is 2. The fourth-order valence-corrected chi connectivity index (χ4v) is 8.79. The van der Waals surface area contributed by atoms with Gasteiger partial charge in [0.05, 0.1) is 37.0 Å². The number of anilines is 1. The first-order valence-electron chi connectivity index (χ1n) is 11.8. The first-order valence-corrected chi connectivity index (χ1v) is 14.4. The third kappa shape index (κ3) is 4.12. The van der Waals surface area contributed by atoms with Crippen molar-refractivity contribution in [2.75, 3.05) is 38.3 Å². The monoisotopic (exact) mass is 557 g/mol. The van der Waals surface area contributed by atoms with E-state index < -0.39 is 17.1 Å². The van der Waals surface area contributed by atoms with Crippen molar-refractivity contribution in [2.24, 2.45) is 5.92 Å². The lowest BCUT2D eigenvalue weighted by atomic mass is 9.87. The summed E-state index contributed by atoms with van der Waals surface area (Å²) in [4.78, 5) is 58.0. The average molecular weight is 558 g/mol. The second kappa shape index (κ2) is 9.75. The summed E-state index contributed by atoms with van der Waals surface area (Å²) in [6.07, 6.45) is 0. The van der Waals surface area contributed by atoms with E-state index in [1.807, 2.05) is 17.5 Å². The molecule has 2 saturated heterocycles. The highest BCUT2D eigenvalue weighted by atomic mass is 32.2. The molecule has 192 valence electrons. The van der Waals surface area contributed by atoms with Crippen LogP contribution in [0.3, 0.4) is 0 Å². The van der Waals surface area contributed by atoms with E-state index in [0.29, 0.717) is 42.8 Å². The largest absolute Gasteiger partial charge is 0.497 e. The molecule has 2 aromatic heterocycles. The normalized spacial score (nSPS) is 23.2. The van der Waals surface area contributed by atoms with Crippen molar-refractivity contribution in [1.29, 1.82) is 0 Å². The van der Waals surface area contributed by atoms with E-state index in [9.17, 15) is 19.2 Å². The van der Waals surface area contributed by atoms with Crippen molar-refractivity contribution in [3.8, 4) is 5.75 Å². The molecular weight excluding hydrogens is 534 g/mol. The molecule has 2 fully saturated rings. The van der Waals surface area contributed by atoms with Gasteiger partial charge in [0.2, 0.25) is 17.7 Å². The van der Waals surface area contributed by atoms with Crippen molar-refractivity contribution in [3.63, 3.8) is 0 Å². The Bertz CT molecular complexity index is 1410. The van der Waals surface area contributed by atoms with Crippen molar-refractivity contribution >= 4 is 57.8 Å². The molecule has 0 spiro atoms. The van der Waals surface area contributed by atoms with Crippen LogP contribution in [0.5, 0.6) is 5.75 Å². The van der Waals surface area contributed by atoms with Gasteiger partial charge in [0.1, 0.15) is 17.5 Å². The maximum absolute atomic E-state index is 13.8. The number of morpholine rings is 1. The molecule has 0 bridgehead atoms. The molecule has 3 aromatic rings. The number of rotatable bonds is 5. The second-order valence-corrected chi connectivity index (χ2v) is 12.0. The number of thiophene rings is 1. The number of carbonyl (C=O) groups excluding carboxylic acids is 3. The predicted octanol–water partition coefficient (Wildman–Crippen LogP) is 2.63. The molecule has 0 radical (unpaired) electrons. The third-order valence-corrected chi connectivity index (χ3v) is 10.4. The Morgan fingerprint density at radius 2 is 1.84 bits per heavy atom. The molecule has 37 heavy (non-hydrogen) atoms. The lowest BCUT2D eigenvalue weighted by Crippen LogP contribution is -2.43. The molecule has 3 atom stereocenters. The smallest absolute Gasteiger partial charge is 0.308 e. The minimum atomic E-state index is -0.701. The van der Waals surface area contributed by atoms with Crippen LogP contribution in [0.1, 0.15) is 15.7 Å². The molecule has 3 aliphatic heterocycles. The van der Waals surface area contributed by atoms with Crippen LogP contribution < -0.4 is 14.5 Å². The average Bonchev–Trinajstić information content (AvgIpc) is 3.62. The summed E-state index contributed by atoms with van der Waals surface area (Å²) in [7, 11) is 1.56. The second-order valence-electron chi connectivity index (χ2n) is 8.88. The Balaban J connectivity index is 1.39. The summed E-state index contributed by atoms with van der Waals surface area (Å²) in [6.45, 7) is 1.81. The number of amides is 3. The minimum Gasteiger partial charge on any atom is -0.497 e. The molecule has 3 amide bonds. The molecule has 2 unspecified atom stereocenters. The number of thiazole rings is 1. The number of thioether (sulfide) groups is 1. The molecule has 9 nitrogen and oxygen atoms in total. The fraction of sp³-hybridized carbons (Fsp3) is 0.360. The number of carbonyl (C=O) groups is 3. The first kappa shape index (κ1) is 24.4. The highest BCUT2D eigenvalue weighted by molar-refractivity contribution is 8.00. The van der Waals surface area contributed by atoms with Crippen LogP contribution in [0.2, 0.25) is 0 Å². The molecule has 12 heteroatoms. The summed E-state index contributed by atoms with van der Waals surface area (Å²) < 4.78 is 12.0. The lowest BCUT2D eigenvalue weighted by molar-refractivity contribution is -0.136. The molecule has 3 aliphatic rings. The summed E-state index contributed by atoms with van der Waals surface area (Å²) >= 11 is 3.79. The number of imide groups is 1. The minimum absolute atomic E-state index is 0.101. The van der Waals surface area contributed by atoms with E-state index in [1.54, 1.807) is 36.3 Å². The number of fused-ring (bicyclic) bond motifs is 2. The zero-order chi connectivity index (χ0) is 25.7. The highest BCUT2D eigenvalue weighted by Crippen LogP contribution is 2.54. The van der Waals surface area contributed by atoms with Crippen LogP contribution in [-0.4, -0.2) is 65.9 Å². The lowest BCUT2D eigenvalue weighted by Gasteiger charge is -2.30. The molecule has 0 saturated carbocycles. The number of methoxy groups -OCH3 is 1. The van der Waals surface area contributed by atoms with Crippen LogP contribution in [-0.2, 0) is 25.7 Å². The first-order chi connectivity index (χ1) is 18.0. The van der Waals surface area contributed by atoms with Crippen molar-refractivity contribution in [1.82, 2.24) is 9.47 Å². The molecule has 0 aliphatic carbocycles. The molecule has 5 heterocycles. The number of hydrogen-bond donors (Lipinski definition) is 0. The number of benzene rings is 1. The van der Waals surface area contributed by atoms with Crippen LogP contribution in [0.15, 0.2) is 51.6 Å². The van der Waals surface area contributed by atoms with Gasteiger partial charge in [-0.25, -0.2) is 4.90 Å². The topological polar surface area (TPSA) is 98.2 Å². The SMILES string of the molecule is COc1ccc(N2C(=O)C3Sc4c(sc(=O)n4CC(=O)N4CCOCC4)[C@H](c4cccs4)C3C2=O)cc1. The van der Waals surface area contributed by atoms with E-state index in [0.717, 1.165) is 21.1 Å². The van der Waals surface area contributed by atoms with Crippen molar-refractivity contribution in [2.45, 2.75) is 22.7 Å². The van der Waals surface area contributed by atoms with Gasteiger partial charge in [-0.1, -0.05) is 29.2 Å². The maximum atomic E-state index is 13.8. The van der Waals surface area contributed by atoms with Gasteiger partial charge in [-0.3, -0.25) is 23.7 Å². The molecule has 0 N–H and O–H groups in total. The molecule has 1 aromatic carbocycles. The van der Waals surface area contributed by atoms with Gasteiger partial charge in [0, 0.05) is 28.8 Å². The van der Waals surface area contributed by atoms with Crippen molar-refractivity contribution in [3.05, 3.63) is 61.2 Å². The van der Waals surface area contributed by atoms with Gasteiger partial charge >= 0.3 is 4.87 Å². The van der Waals surface area contributed by atoms with Gasteiger partial charge in [0.25, 0.3) is 0 Å². The Labute approximate surface area is 224 Å². The quantitative estimate of drug-likeness (QED) is 0.445. The van der Waals surface area contributed by atoms with Crippen LogP contribution in [0.25, 0.3) is 0 Å². The third-order valence-electron chi connectivity index (χ3n) is 6.89. The maximum Gasteiger partial charge on any atom is 0.308 e. The van der Waals surface area contributed by atoms with Crippen LogP contribution >= 0.6 is 34.4 Å². The van der Waals surface area contributed by atoms with E-state index >= 15 is 0 Å². The van der Waals surface area contributed by atoms with Gasteiger partial charge < -0.3 is 14.4 Å². The van der Waals surface area contributed by atoms with Crippen molar-refractivity contribution < 1.29 is 23.9 Å². The Hall–Kier alpha value is -2.93. The summed E-state index contributed by atoms with van der Waals surface area (Å²) in [6, 6.07) is 10.7. The van der Waals surface area contributed by atoms with Crippen LogP contribution in [0, 0.1) is 5.92 Å². The number of hydrogen-bond acceptors (Lipinski definition) is 9. The standard InChI is InChI=1S/C25H23N3O6S3/c1-33-15-6-4-14(5-7-15)28-22(30)19-18(16-3-2-12-35-16)21-24(36-20(19)23(28)31)27(25(32)37-21)13-17(29)26-8-10-34-11-9-26/h2-7,12,18-20H,8-11,13H2,1H3/t18-,19?,20?/m1/s1. The van der Waals surface area contributed by atoms with Gasteiger partial charge in [-0.15, -0.1) is 11.3 Å². The fourth-order valence-electron chi connectivity index (χ4n) is 5.06.